The van der Waals surface area contributed by atoms with E-state index in [-0.39, 0.29) is 24.9 Å². The van der Waals surface area contributed by atoms with Crippen molar-refractivity contribution in [2.75, 3.05) is 33.8 Å². The summed E-state index contributed by atoms with van der Waals surface area (Å²) in [6.45, 7) is 7.26. The molecule has 6 heteroatoms. The molecule has 1 aromatic heterocycles. The van der Waals surface area contributed by atoms with Gasteiger partial charge in [-0.05, 0) is 37.8 Å². The first-order valence-electron chi connectivity index (χ1n) is 8.64. The number of quaternary nitrogens is 1. The van der Waals surface area contributed by atoms with Crippen LogP contribution in [-0.2, 0) is 14.3 Å². The third kappa shape index (κ3) is 7.65. The molecule has 1 heterocycles. The first kappa shape index (κ1) is 21.1. The number of rotatable bonds is 10. The summed E-state index contributed by atoms with van der Waals surface area (Å²) in [6.07, 6.45) is 4.35. The van der Waals surface area contributed by atoms with Gasteiger partial charge in [0.15, 0.2) is 0 Å². The van der Waals surface area contributed by atoms with Gasteiger partial charge in [0.05, 0.1) is 32.5 Å². The summed E-state index contributed by atoms with van der Waals surface area (Å²) >= 11 is 0. The zero-order valence-corrected chi connectivity index (χ0v) is 16.0. The van der Waals surface area contributed by atoms with Crippen LogP contribution in [-0.4, -0.2) is 60.3 Å². The molecule has 1 aromatic rings. The lowest BCUT2D eigenvalue weighted by atomic mass is 9.81. The number of aromatic nitrogens is 1. The van der Waals surface area contributed by atoms with Crippen molar-refractivity contribution in [2.24, 2.45) is 5.41 Å². The summed E-state index contributed by atoms with van der Waals surface area (Å²) in [5.74, 6) is -0.825. The van der Waals surface area contributed by atoms with Gasteiger partial charge in [-0.3, -0.25) is 14.6 Å². The predicted molar refractivity (Wildman–Crippen MR) is 96.1 cm³/mol. The van der Waals surface area contributed by atoms with Crippen molar-refractivity contribution < 1.29 is 23.9 Å². The van der Waals surface area contributed by atoms with Crippen LogP contribution in [0.1, 0.15) is 45.1 Å². The Hall–Kier alpha value is -1.95. The maximum Gasteiger partial charge on any atom is 0.311 e. The summed E-state index contributed by atoms with van der Waals surface area (Å²) in [5, 5.41) is 8.78. The molecule has 140 valence electrons. The van der Waals surface area contributed by atoms with E-state index in [4.69, 9.17) is 9.84 Å². The zero-order valence-electron chi connectivity index (χ0n) is 16.0. The minimum Gasteiger partial charge on any atom is -0.481 e. The lowest BCUT2D eigenvalue weighted by Crippen LogP contribution is -2.44. The molecule has 0 aromatic carbocycles. The number of aliphatic carboxylic acids is 1. The zero-order chi connectivity index (χ0) is 19.1. The summed E-state index contributed by atoms with van der Waals surface area (Å²) in [6, 6.07) is 3.91. The Labute approximate surface area is 150 Å². The number of hydrogen-bond donors (Lipinski definition) is 1. The van der Waals surface area contributed by atoms with Crippen molar-refractivity contribution in [3.05, 3.63) is 30.1 Å². The van der Waals surface area contributed by atoms with Gasteiger partial charge in [-0.15, -0.1) is 0 Å². The SMILES string of the molecule is CC(CC(C)(C)C(=O)OCC[N+](C)(C)CCC(=O)O)c1cccnc1. The van der Waals surface area contributed by atoms with Crippen molar-refractivity contribution in [3.63, 3.8) is 0 Å². The van der Waals surface area contributed by atoms with Gasteiger partial charge < -0.3 is 14.3 Å². The second-order valence-electron chi connectivity index (χ2n) is 7.94. The summed E-state index contributed by atoms with van der Waals surface area (Å²) in [4.78, 5) is 27.3. The van der Waals surface area contributed by atoms with E-state index in [9.17, 15) is 9.59 Å². The number of nitrogens with zero attached hydrogens (tertiary/aromatic N) is 2. The highest BCUT2D eigenvalue weighted by Crippen LogP contribution is 2.32. The average molecular weight is 351 g/mol. The van der Waals surface area contributed by atoms with E-state index in [0.717, 1.165) is 5.56 Å². The highest BCUT2D eigenvalue weighted by atomic mass is 16.5. The van der Waals surface area contributed by atoms with E-state index in [0.29, 0.717) is 24.0 Å². The third-order valence-corrected chi connectivity index (χ3v) is 4.48. The molecule has 0 aliphatic rings. The van der Waals surface area contributed by atoms with Crippen molar-refractivity contribution in [1.82, 2.24) is 4.98 Å². The number of carboxylic acids is 1. The number of hydrogen-bond acceptors (Lipinski definition) is 4. The molecule has 0 amide bonds. The molecule has 0 aliphatic carbocycles. The summed E-state index contributed by atoms with van der Waals surface area (Å²) < 4.78 is 5.97. The smallest absolute Gasteiger partial charge is 0.311 e. The first-order valence-corrected chi connectivity index (χ1v) is 8.64. The predicted octanol–water partition coefficient (Wildman–Crippen LogP) is 2.70. The molecule has 1 rings (SSSR count). The van der Waals surface area contributed by atoms with E-state index >= 15 is 0 Å². The van der Waals surface area contributed by atoms with Crippen LogP contribution in [0.2, 0.25) is 0 Å². The fourth-order valence-electron chi connectivity index (χ4n) is 2.73. The van der Waals surface area contributed by atoms with Gasteiger partial charge >= 0.3 is 11.9 Å². The van der Waals surface area contributed by atoms with Gasteiger partial charge in [-0.25, -0.2) is 0 Å². The molecule has 1 unspecified atom stereocenters. The van der Waals surface area contributed by atoms with Crippen molar-refractivity contribution >= 4 is 11.9 Å². The van der Waals surface area contributed by atoms with Crippen molar-refractivity contribution in [2.45, 2.75) is 39.5 Å². The summed E-state index contributed by atoms with van der Waals surface area (Å²) in [5.41, 5.74) is 0.517. The van der Waals surface area contributed by atoms with Crippen LogP contribution >= 0.6 is 0 Å². The van der Waals surface area contributed by atoms with Gasteiger partial charge in [0.2, 0.25) is 0 Å². The van der Waals surface area contributed by atoms with Crippen LogP contribution in [0.15, 0.2) is 24.5 Å². The monoisotopic (exact) mass is 351 g/mol. The van der Waals surface area contributed by atoms with Gasteiger partial charge in [0, 0.05) is 12.4 Å². The minimum atomic E-state index is -0.811. The molecule has 1 atom stereocenters. The van der Waals surface area contributed by atoms with Crippen LogP contribution < -0.4 is 0 Å². The number of esters is 1. The standard InChI is InChI=1S/C19H30N2O4/c1-15(16-7-6-9-20-14-16)13-19(2,3)18(24)25-12-11-21(4,5)10-8-17(22)23/h6-7,9,14-15H,8,10-13H2,1-5H3/p+1. The molecule has 0 saturated heterocycles. The highest BCUT2D eigenvalue weighted by molar-refractivity contribution is 5.76. The molecule has 0 fully saturated rings. The molecule has 0 saturated carbocycles. The highest BCUT2D eigenvalue weighted by Gasteiger charge is 2.32. The second-order valence-corrected chi connectivity index (χ2v) is 7.94. The van der Waals surface area contributed by atoms with Crippen LogP contribution in [0.3, 0.4) is 0 Å². The maximum atomic E-state index is 12.4. The molecule has 0 aliphatic heterocycles. The van der Waals surface area contributed by atoms with Crippen molar-refractivity contribution in [1.29, 1.82) is 0 Å². The van der Waals surface area contributed by atoms with E-state index in [2.05, 4.69) is 11.9 Å². The average Bonchev–Trinajstić information content (AvgIpc) is 2.53. The number of likely N-dealkylation sites (N-methyl/N-ethyl adjacent to an activating group) is 1. The molecule has 25 heavy (non-hydrogen) atoms. The Morgan fingerprint density at radius 2 is 2.00 bits per heavy atom. The minimum absolute atomic E-state index is 0.106. The largest absolute Gasteiger partial charge is 0.481 e. The molecule has 0 bridgehead atoms. The molecular formula is C19H31N2O4+. The first-order chi connectivity index (χ1) is 11.5. The fourth-order valence-corrected chi connectivity index (χ4v) is 2.73. The van der Waals surface area contributed by atoms with Crippen LogP contribution in [0, 0.1) is 5.41 Å². The lowest BCUT2D eigenvalue weighted by Gasteiger charge is -2.30. The molecule has 0 spiro atoms. The quantitative estimate of drug-likeness (QED) is 0.518. The lowest BCUT2D eigenvalue weighted by molar-refractivity contribution is -0.889. The normalized spacial score (nSPS) is 13.3. The van der Waals surface area contributed by atoms with Gasteiger partial charge in [-0.2, -0.15) is 0 Å². The number of carboxylic acid groups (broad SMARTS) is 1. The Bertz CT molecular complexity index is 570. The van der Waals surface area contributed by atoms with Crippen LogP contribution in [0.5, 0.6) is 0 Å². The van der Waals surface area contributed by atoms with Crippen molar-refractivity contribution in [3.8, 4) is 0 Å². The summed E-state index contributed by atoms with van der Waals surface area (Å²) in [7, 11) is 3.87. The van der Waals surface area contributed by atoms with Gasteiger partial charge in [0.1, 0.15) is 13.2 Å². The molecule has 1 N–H and O–H groups in total. The Morgan fingerprint density at radius 3 is 2.56 bits per heavy atom. The maximum absolute atomic E-state index is 12.4. The van der Waals surface area contributed by atoms with E-state index in [1.165, 1.54) is 0 Å². The Morgan fingerprint density at radius 1 is 1.32 bits per heavy atom. The van der Waals surface area contributed by atoms with E-state index in [1.807, 2.05) is 46.3 Å². The topological polar surface area (TPSA) is 76.5 Å². The van der Waals surface area contributed by atoms with E-state index in [1.54, 1.807) is 6.20 Å². The number of carbonyl (C=O) groups is 2. The number of ether oxygens (including phenoxy) is 1. The molecular weight excluding hydrogens is 320 g/mol. The fraction of sp³-hybridized carbons (Fsp3) is 0.632. The van der Waals surface area contributed by atoms with Gasteiger partial charge in [-0.1, -0.05) is 13.0 Å². The number of pyridine rings is 1. The second kappa shape index (κ2) is 8.94. The molecule has 6 nitrogen and oxygen atoms in total. The van der Waals surface area contributed by atoms with Gasteiger partial charge in [0.25, 0.3) is 0 Å². The van der Waals surface area contributed by atoms with Crippen LogP contribution in [0.4, 0.5) is 0 Å². The van der Waals surface area contributed by atoms with E-state index < -0.39 is 11.4 Å². The Kier molecular flexibility index (Phi) is 7.55. The molecule has 0 radical (unpaired) electrons. The third-order valence-electron chi connectivity index (χ3n) is 4.48. The number of carbonyl (C=O) groups excluding carboxylic acids is 1. The Balaban J connectivity index is 2.48. The van der Waals surface area contributed by atoms with Crippen LogP contribution in [0.25, 0.3) is 0 Å².